The summed E-state index contributed by atoms with van der Waals surface area (Å²) < 4.78 is 20.8. The van der Waals surface area contributed by atoms with Crippen molar-refractivity contribution in [3.63, 3.8) is 0 Å². The summed E-state index contributed by atoms with van der Waals surface area (Å²) in [6.07, 6.45) is 20.1. The number of carbonyl (C=O) groups excluding carboxylic acids is 2. The number of aliphatic hydroxyl groups excluding tert-OH is 2. The Kier molecular flexibility index (Phi) is 19.6. The van der Waals surface area contributed by atoms with Crippen LogP contribution in [0, 0.1) is 27.9 Å². The van der Waals surface area contributed by atoms with E-state index in [2.05, 4.69) is 19.6 Å². The Morgan fingerprint density at radius 3 is 2.31 bits per heavy atom. The lowest BCUT2D eigenvalue weighted by Crippen LogP contribution is -2.69. The number of ether oxygens (including phenoxy) is 3. The number of hydrogen-bond acceptors (Lipinski definition) is 11. The highest BCUT2D eigenvalue weighted by molar-refractivity contribution is 6.03. The standard InChI is InChI=1S/C54H71N3O10/c1-4-6-7-8-9-10-11-12-13-23-51(61)56(3)50-36-48(55-65-38-39-24-26-42(27-25-39)57(62)63)46-34-41(20-14-16-30-58)45(22-15-17-31-59)52-47-35-44(66-43-21-18-19-40(33-43)37-60)28-29-49(47)67-54(50,53(46)52)64-32-5-2/h5,18-19,21,24-29,33-35,37,41,45,50,52-53,58-59H,2,4,6-17,20,22-23,30-32,36,38H2,1,3H3. The average molecular weight is 922 g/mol. The third-order valence-electron chi connectivity index (χ3n) is 13.8. The number of nitro benzene ring substituents is 1. The van der Waals surface area contributed by atoms with Crippen LogP contribution >= 0.6 is 0 Å². The van der Waals surface area contributed by atoms with Crippen molar-refractivity contribution in [2.45, 2.75) is 140 Å². The van der Waals surface area contributed by atoms with E-state index >= 15 is 0 Å². The van der Waals surface area contributed by atoms with Crippen molar-refractivity contribution in [1.82, 2.24) is 4.90 Å². The zero-order valence-electron chi connectivity index (χ0n) is 39.5. The van der Waals surface area contributed by atoms with Crippen LogP contribution in [0.25, 0.3) is 0 Å². The Bertz CT molecular complexity index is 2160. The number of aliphatic hydroxyl groups is 2. The maximum atomic E-state index is 14.5. The largest absolute Gasteiger partial charge is 0.459 e. The molecule has 0 saturated heterocycles. The molecule has 1 aliphatic heterocycles. The first-order valence-electron chi connectivity index (χ1n) is 24.6. The molecule has 6 atom stereocenters. The number of allylic oxidation sites excluding steroid dienone is 1. The van der Waals surface area contributed by atoms with Gasteiger partial charge < -0.3 is 34.2 Å². The number of fused-ring (bicyclic) bond motifs is 2. The van der Waals surface area contributed by atoms with E-state index in [1.165, 1.54) is 50.7 Å². The van der Waals surface area contributed by atoms with Gasteiger partial charge in [-0.1, -0.05) is 101 Å². The van der Waals surface area contributed by atoms with Crippen LogP contribution in [0.5, 0.6) is 17.2 Å². The third kappa shape index (κ3) is 13.0. The number of nitrogens with zero attached hydrogens (tertiary/aromatic N) is 3. The summed E-state index contributed by atoms with van der Waals surface area (Å²) in [5.74, 6) is -0.409. The van der Waals surface area contributed by atoms with Crippen molar-refractivity contribution in [1.29, 1.82) is 0 Å². The van der Waals surface area contributed by atoms with Crippen molar-refractivity contribution >= 4 is 23.6 Å². The van der Waals surface area contributed by atoms with Gasteiger partial charge in [-0.3, -0.25) is 19.7 Å². The van der Waals surface area contributed by atoms with Crippen LogP contribution in [0.2, 0.25) is 0 Å². The molecule has 1 amide bonds. The highest BCUT2D eigenvalue weighted by Crippen LogP contribution is 2.62. The lowest BCUT2D eigenvalue weighted by Gasteiger charge is -2.59. The quantitative estimate of drug-likeness (QED) is 0.0225. The van der Waals surface area contributed by atoms with E-state index in [1.54, 1.807) is 47.4 Å². The Morgan fingerprint density at radius 1 is 0.925 bits per heavy atom. The Labute approximate surface area is 396 Å². The summed E-state index contributed by atoms with van der Waals surface area (Å²) >= 11 is 0. The number of amides is 1. The predicted octanol–water partition coefficient (Wildman–Crippen LogP) is 11.4. The second-order valence-electron chi connectivity index (χ2n) is 18.3. The number of nitro groups is 1. The van der Waals surface area contributed by atoms with Crippen LogP contribution in [0.3, 0.4) is 0 Å². The molecule has 0 radical (unpaired) electrons. The molecule has 67 heavy (non-hydrogen) atoms. The van der Waals surface area contributed by atoms with Crippen molar-refractivity contribution in [2.75, 3.05) is 26.9 Å². The molecular formula is C54H71N3O10. The fourth-order valence-electron chi connectivity index (χ4n) is 10.4. The first kappa shape index (κ1) is 51.0. The van der Waals surface area contributed by atoms with Crippen molar-refractivity contribution in [2.24, 2.45) is 22.9 Å². The maximum absolute atomic E-state index is 14.5. The Morgan fingerprint density at radius 2 is 1.63 bits per heavy atom. The van der Waals surface area contributed by atoms with E-state index in [-0.39, 0.29) is 62.2 Å². The molecule has 3 aromatic carbocycles. The number of rotatable bonds is 29. The van der Waals surface area contributed by atoms with Gasteiger partial charge in [0.2, 0.25) is 11.7 Å². The monoisotopic (exact) mass is 922 g/mol. The molecule has 1 heterocycles. The zero-order chi connectivity index (χ0) is 47.6. The molecular weight excluding hydrogens is 851 g/mol. The fraction of sp³-hybridized carbons (Fsp3) is 0.537. The number of unbranched alkanes of at least 4 members (excludes halogenated alkanes) is 10. The highest BCUT2D eigenvalue weighted by atomic mass is 16.7. The first-order valence-corrected chi connectivity index (χ1v) is 24.6. The summed E-state index contributed by atoms with van der Waals surface area (Å²) in [6, 6.07) is 18.3. The van der Waals surface area contributed by atoms with Crippen LogP contribution in [0.1, 0.15) is 143 Å². The van der Waals surface area contributed by atoms with Crippen LogP contribution in [-0.4, -0.2) is 76.6 Å². The Balaban J connectivity index is 1.44. The normalized spacial score (nSPS) is 22.2. The van der Waals surface area contributed by atoms with Gasteiger partial charge in [0.25, 0.3) is 5.69 Å². The highest BCUT2D eigenvalue weighted by Gasteiger charge is 2.65. The van der Waals surface area contributed by atoms with Crippen molar-refractivity contribution < 1.29 is 43.8 Å². The molecule has 3 aliphatic rings. The topological polar surface area (TPSA) is 170 Å². The molecule has 362 valence electrons. The van der Waals surface area contributed by atoms with Gasteiger partial charge in [0.15, 0.2) is 0 Å². The summed E-state index contributed by atoms with van der Waals surface area (Å²) in [5, 5.41) is 36.2. The lowest BCUT2D eigenvalue weighted by atomic mass is 9.55. The van der Waals surface area contributed by atoms with Crippen LogP contribution in [-0.2, 0) is 21.0 Å². The molecule has 6 unspecified atom stereocenters. The van der Waals surface area contributed by atoms with Gasteiger partial charge in [0, 0.05) is 62.3 Å². The summed E-state index contributed by atoms with van der Waals surface area (Å²) in [4.78, 5) is 45.1. The van der Waals surface area contributed by atoms with Crippen LogP contribution in [0.4, 0.5) is 5.69 Å². The minimum absolute atomic E-state index is 0.0162. The lowest BCUT2D eigenvalue weighted by molar-refractivity contribution is -0.384. The number of aldehydes is 1. The van der Waals surface area contributed by atoms with Crippen molar-refractivity contribution in [3.05, 3.63) is 118 Å². The van der Waals surface area contributed by atoms with Gasteiger partial charge in [-0.25, -0.2) is 0 Å². The van der Waals surface area contributed by atoms with Crippen molar-refractivity contribution in [3.8, 4) is 17.2 Å². The molecule has 2 N–H and O–H groups in total. The van der Waals surface area contributed by atoms with E-state index < -0.39 is 22.7 Å². The number of non-ortho nitro benzene ring substituents is 1. The number of benzene rings is 3. The summed E-state index contributed by atoms with van der Waals surface area (Å²) in [6.45, 7) is 6.61. The molecule has 13 heteroatoms. The third-order valence-corrected chi connectivity index (χ3v) is 13.8. The molecule has 6 rings (SSSR count). The molecule has 0 aromatic heterocycles. The van der Waals surface area contributed by atoms with Crippen LogP contribution in [0.15, 0.2) is 96.2 Å². The van der Waals surface area contributed by atoms with Gasteiger partial charge in [0.05, 0.1) is 23.2 Å². The van der Waals surface area contributed by atoms with Gasteiger partial charge in [-0.2, -0.15) is 0 Å². The van der Waals surface area contributed by atoms with Gasteiger partial charge >= 0.3 is 0 Å². The number of oxime groups is 1. The van der Waals surface area contributed by atoms with E-state index in [9.17, 15) is 29.9 Å². The van der Waals surface area contributed by atoms with Gasteiger partial charge in [0.1, 0.15) is 36.2 Å². The van der Waals surface area contributed by atoms with Crippen LogP contribution < -0.4 is 9.47 Å². The second-order valence-corrected chi connectivity index (χ2v) is 18.3. The molecule has 13 nitrogen and oxygen atoms in total. The predicted molar refractivity (Wildman–Crippen MR) is 259 cm³/mol. The Hall–Kier alpha value is -5.37. The second kappa shape index (κ2) is 25.7. The molecule has 1 saturated carbocycles. The summed E-state index contributed by atoms with van der Waals surface area (Å²) in [5.41, 5.74) is 3.66. The minimum Gasteiger partial charge on any atom is -0.459 e. The fourth-order valence-corrected chi connectivity index (χ4v) is 10.4. The summed E-state index contributed by atoms with van der Waals surface area (Å²) in [7, 11) is 1.83. The molecule has 0 spiro atoms. The first-order chi connectivity index (χ1) is 32.7. The van der Waals surface area contributed by atoms with Gasteiger partial charge in [-0.05, 0) is 97.5 Å². The zero-order valence-corrected chi connectivity index (χ0v) is 39.5. The minimum atomic E-state index is -1.38. The number of hydrogen-bond donors (Lipinski definition) is 2. The average Bonchev–Trinajstić information content (AvgIpc) is 3.34. The van der Waals surface area contributed by atoms with E-state index in [0.29, 0.717) is 53.3 Å². The molecule has 1 fully saturated rings. The van der Waals surface area contributed by atoms with E-state index in [4.69, 9.17) is 24.2 Å². The maximum Gasteiger partial charge on any atom is 0.269 e. The number of carbonyl (C=O) groups is 2. The van der Waals surface area contributed by atoms with Gasteiger partial charge in [-0.15, -0.1) is 6.58 Å². The molecule has 0 bridgehead atoms. The molecule has 2 aliphatic carbocycles. The SMILES string of the molecule is C=CCOC12Oc3ccc(Oc4cccc(C=O)c4)cc3C3C(CCCCO)C(CCCCO)C=C(C(=NOCc4ccc([N+](=O)[O-])cc4)CC1N(C)C(=O)CCCCCCCCCCC)C32. The van der Waals surface area contributed by atoms with E-state index in [0.717, 1.165) is 62.4 Å². The smallest absolute Gasteiger partial charge is 0.269 e. The van der Waals surface area contributed by atoms with E-state index in [1.807, 2.05) is 25.2 Å². The molecule has 3 aromatic rings. The number of likely N-dealkylation sites (N-methyl/N-ethyl adjacent to an activating group) is 1.